The molecule has 3 rings (SSSR count). The third-order valence-electron chi connectivity index (χ3n) is 5.72. The zero-order valence-corrected chi connectivity index (χ0v) is 16.6. The lowest BCUT2D eigenvalue weighted by Gasteiger charge is -2.23. The van der Waals surface area contributed by atoms with E-state index in [4.69, 9.17) is 4.52 Å². The lowest BCUT2D eigenvalue weighted by molar-refractivity contribution is -0.127. The number of aldehydes is 1. The Kier molecular flexibility index (Phi) is 7.00. The highest BCUT2D eigenvalue weighted by atomic mass is 16.5. The van der Waals surface area contributed by atoms with Crippen molar-refractivity contribution >= 4 is 24.0 Å². The molecule has 0 bridgehead atoms. The zero-order valence-electron chi connectivity index (χ0n) is 16.6. The van der Waals surface area contributed by atoms with Gasteiger partial charge in [-0.2, -0.15) is 0 Å². The summed E-state index contributed by atoms with van der Waals surface area (Å²) in [5.41, 5.74) is 0.112. The SMILES string of the molecule is Cc1cc(C(=O)N[C@@H](CC2CCCC2)C(=O)N[C@H](C=O)C[C@@H]2CCNC2=O)no1. The number of nitrogens with zero attached hydrogens (tertiary/aromatic N) is 1. The zero-order chi connectivity index (χ0) is 20.8. The predicted octanol–water partition coefficient (Wildman–Crippen LogP) is 0.872. The second-order valence-electron chi connectivity index (χ2n) is 8.00. The van der Waals surface area contributed by atoms with E-state index in [0.717, 1.165) is 25.7 Å². The summed E-state index contributed by atoms with van der Waals surface area (Å²) in [6.45, 7) is 2.26. The summed E-state index contributed by atoms with van der Waals surface area (Å²) >= 11 is 0. The lowest BCUT2D eigenvalue weighted by atomic mass is 9.96. The third-order valence-corrected chi connectivity index (χ3v) is 5.72. The van der Waals surface area contributed by atoms with Gasteiger partial charge in [-0.3, -0.25) is 14.4 Å². The molecular weight excluding hydrogens is 376 g/mol. The Balaban J connectivity index is 1.64. The van der Waals surface area contributed by atoms with Gasteiger partial charge in [0.05, 0.1) is 6.04 Å². The predicted molar refractivity (Wildman–Crippen MR) is 103 cm³/mol. The summed E-state index contributed by atoms with van der Waals surface area (Å²) in [7, 11) is 0. The van der Waals surface area contributed by atoms with Crippen molar-refractivity contribution in [3.63, 3.8) is 0 Å². The molecule has 1 aromatic rings. The maximum absolute atomic E-state index is 12.9. The molecule has 0 spiro atoms. The van der Waals surface area contributed by atoms with Crippen LogP contribution in [0.5, 0.6) is 0 Å². The van der Waals surface area contributed by atoms with Crippen molar-refractivity contribution in [2.24, 2.45) is 11.8 Å². The molecule has 9 nitrogen and oxygen atoms in total. The van der Waals surface area contributed by atoms with Crippen LogP contribution < -0.4 is 16.0 Å². The van der Waals surface area contributed by atoms with Crippen LogP contribution in [0.1, 0.15) is 61.2 Å². The average Bonchev–Trinajstić information content (AvgIpc) is 3.44. The van der Waals surface area contributed by atoms with E-state index in [2.05, 4.69) is 21.1 Å². The summed E-state index contributed by atoms with van der Waals surface area (Å²) < 4.78 is 4.93. The maximum Gasteiger partial charge on any atom is 0.274 e. The number of amides is 3. The Morgan fingerprint density at radius 3 is 2.62 bits per heavy atom. The van der Waals surface area contributed by atoms with Gasteiger partial charge in [0.15, 0.2) is 5.69 Å². The van der Waals surface area contributed by atoms with Crippen LogP contribution in [-0.2, 0) is 14.4 Å². The third kappa shape index (κ3) is 5.65. The molecule has 1 aromatic heterocycles. The van der Waals surface area contributed by atoms with Crippen LogP contribution >= 0.6 is 0 Å². The lowest BCUT2D eigenvalue weighted by Crippen LogP contribution is -2.51. The smallest absolute Gasteiger partial charge is 0.274 e. The molecule has 0 aromatic carbocycles. The molecule has 3 N–H and O–H groups in total. The highest BCUT2D eigenvalue weighted by molar-refractivity contribution is 5.96. The highest BCUT2D eigenvalue weighted by Gasteiger charge is 2.31. The first-order chi connectivity index (χ1) is 14.0. The molecule has 29 heavy (non-hydrogen) atoms. The van der Waals surface area contributed by atoms with Gasteiger partial charge in [0, 0.05) is 18.5 Å². The van der Waals surface area contributed by atoms with E-state index >= 15 is 0 Å². The van der Waals surface area contributed by atoms with Gasteiger partial charge in [-0.15, -0.1) is 0 Å². The molecule has 3 atom stereocenters. The average molecular weight is 404 g/mol. The van der Waals surface area contributed by atoms with Gasteiger partial charge in [0.25, 0.3) is 5.91 Å². The van der Waals surface area contributed by atoms with E-state index in [1.54, 1.807) is 6.92 Å². The van der Waals surface area contributed by atoms with Gasteiger partial charge in [0.2, 0.25) is 11.8 Å². The number of hydrogen-bond acceptors (Lipinski definition) is 6. The van der Waals surface area contributed by atoms with Crippen LogP contribution in [0.15, 0.2) is 10.6 Å². The second-order valence-corrected chi connectivity index (χ2v) is 8.00. The van der Waals surface area contributed by atoms with Crippen LogP contribution in [0.25, 0.3) is 0 Å². The monoisotopic (exact) mass is 404 g/mol. The fourth-order valence-corrected chi connectivity index (χ4v) is 4.12. The number of rotatable bonds is 9. The largest absolute Gasteiger partial charge is 0.361 e. The number of carbonyl (C=O) groups excluding carboxylic acids is 4. The van der Waals surface area contributed by atoms with Crippen LogP contribution in [0.3, 0.4) is 0 Å². The van der Waals surface area contributed by atoms with E-state index in [-0.39, 0.29) is 23.9 Å². The molecule has 158 valence electrons. The van der Waals surface area contributed by atoms with Gasteiger partial charge < -0.3 is 25.3 Å². The Morgan fingerprint density at radius 1 is 1.28 bits per heavy atom. The summed E-state index contributed by atoms with van der Waals surface area (Å²) in [5.74, 6) is -0.434. The molecule has 2 fully saturated rings. The summed E-state index contributed by atoms with van der Waals surface area (Å²) in [6, 6.07) is -0.0385. The first-order valence-corrected chi connectivity index (χ1v) is 10.2. The van der Waals surface area contributed by atoms with E-state index in [9.17, 15) is 19.2 Å². The van der Waals surface area contributed by atoms with Crippen molar-refractivity contribution in [2.45, 2.75) is 64.0 Å². The molecule has 3 amide bonds. The van der Waals surface area contributed by atoms with Gasteiger partial charge in [-0.1, -0.05) is 30.8 Å². The molecule has 1 aliphatic carbocycles. The summed E-state index contributed by atoms with van der Waals surface area (Å²) in [5, 5.41) is 11.9. The Labute approximate surface area is 169 Å². The minimum absolute atomic E-state index is 0.0942. The molecule has 1 aliphatic heterocycles. The van der Waals surface area contributed by atoms with Gasteiger partial charge in [0.1, 0.15) is 18.1 Å². The molecular formula is C20H28N4O5. The minimum Gasteiger partial charge on any atom is -0.361 e. The standard InChI is InChI=1S/C20H28N4O5/c1-12-8-17(24-29-12)20(28)23-16(9-13-4-2-3-5-13)19(27)22-15(11-25)10-14-6-7-21-18(14)26/h8,11,13-16H,2-7,9-10H2,1H3,(H,21,26)(H,22,27)(H,23,28)/t14-,15-,16-/m0/s1. The first-order valence-electron chi connectivity index (χ1n) is 10.2. The number of carbonyl (C=O) groups is 4. The molecule has 2 heterocycles. The van der Waals surface area contributed by atoms with Crippen LogP contribution in [0.2, 0.25) is 0 Å². The van der Waals surface area contributed by atoms with Crippen molar-refractivity contribution in [1.29, 1.82) is 0 Å². The number of aryl methyl sites for hydroxylation is 1. The topological polar surface area (TPSA) is 130 Å². The van der Waals surface area contributed by atoms with Gasteiger partial charge in [-0.05, 0) is 32.1 Å². The van der Waals surface area contributed by atoms with E-state index < -0.39 is 23.9 Å². The van der Waals surface area contributed by atoms with Crippen molar-refractivity contribution in [3.8, 4) is 0 Å². The normalized spacial score (nSPS) is 21.4. The fourth-order valence-electron chi connectivity index (χ4n) is 4.12. The molecule has 1 saturated heterocycles. The van der Waals surface area contributed by atoms with Crippen molar-refractivity contribution in [1.82, 2.24) is 21.1 Å². The molecule has 2 aliphatic rings. The molecule has 9 heteroatoms. The van der Waals surface area contributed by atoms with E-state index in [1.807, 2.05) is 0 Å². The minimum atomic E-state index is -0.775. The van der Waals surface area contributed by atoms with Crippen molar-refractivity contribution in [3.05, 3.63) is 17.5 Å². The summed E-state index contributed by atoms with van der Waals surface area (Å²) in [4.78, 5) is 48.6. The molecule has 0 unspecified atom stereocenters. The Hall–Kier alpha value is -2.71. The number of nitrogens with one attached hydrogen (secondary N) is 3. The molecule has 0 radical (unpaired) electrons. The first kappa shape index (κ1) is 21.0. The Bertz CT molecular complexity index is 756. The van der Waals surface area contributed by atoms with Gasteiger partial charge in [-0.25, -0.2) is 0 Å². The second kappa shape index (κ2) is 9.67. The summed E-state index contributed by atoms with van der Waals surface area (Å²) in [6.07, 6.45) is 6.32. The van der Waals surface area contributed by atoms with Crippen LogP contribution in [0, 0.1) is 18.8 Å². The molecule has 1 saturated carbocycles. The Morgan fingerprint density at radius 2 is 2.03 bits per heavy atom. The highest BCUT2D eigenvalue weighted by Crippen LogP contribution is 2.29. The fraction of sp³-hybridized carbons (Fsp3) is 0.650. The van der Waals surface area contributed by atoms with Crippen molar-refractivity contribution < 1.29 is 23.7 Å². The maximum atomic E-state index is 12.9. The van der Waals surface area contributed by atoms with Gasteiger partial charge >= 0.3 is 0 Å². The van der Waals surface area contributed by atoms with Crippen LogP contribution in [0.4, 0.5) is 0 Å². The van der Waals surface area contributed by atoms with E-state index in [1.165, 1.54) is 6.07 Å². The van der Waals surface area contributed by atoms with Crippen molar-refractivity contribution in [2.75, 3.05) is 6.54 Å². The van der Waals surface area contributed by atoms with Crippen LogP contribution in [-0.4, -0.2) is 47.8 Å². The quantitative estimate of drug-likeness (QED) is 0.524. The number of hydrogen-bond donors (Lipinski definition) is 3. The van der Waals surface area contributed by atoms with E-state index in [0.29, 0.717) is 37.4 Å². The number of aromatic nitrogens is 1.